The molecule has 4 aromatic rings. The highest BCUT2D eigenvalue weighted by molar-refractivity contribution is 6.35. The lowest BCUT2D eigenvalue weighted by atomic mass is 10.0. The average molecular weight is 551 g/mol. The molecule has 0 atom stereocenters. The predicted octanol–water partition coefficient (Wildman–Crippen LogP) is 5.57. The van der Waals surface area contributed by atoms with Crippen LogP contribution in [0.4, 0.5) is 0 Å². The number of aryl methyl sites for hydroxylation is 2. The Bertz CT molecular complexity index is 1420. The third kappa shape index (κ3) is 6.00. The van der Waals surface area contributed by atoms with E-state index in [0.29, 0.717) is 58.8 Å². The fourth-order valence-corrected chi connectivity index (χ4v) is 5.22. The van der Waals surface area contributed by atoms with Crippen molar-refractivity contribution in [1.29, 1.82) is 0 Å². The largest absolute Gasteiger partial charge is 0.490 e. The highest BCUT2D eigenvalue weighted by Crippen LogP contribution is 2.44. The summed E-state index contributed by atoms with van der Waals surface area (Å²) in [6, 6.07) is 5.68. The molecular weight excluding hydrogens is 516 g/mol. The lowest BCUT2D eigenvalue weighted by Gasteiger charge is -2.17. The molecule has 1 aromatic carbocycles. The first kappa shape index (κ1) is 27.3. The Balaban J connectivity index is 1.53. The Labute approximate surface area is 233 Å². The zero-order chi connectivity index (χ0) is 27.6. The van der Waals surface area contributed by atoms with Crippen molar-refractivity contribution in [2.45, 2.75) is 59.1 Å². The van der Waals surface area contributed by atoms with Crippen molar-refractivity contribution in [3.05, 3.63) is 53.1 Å². The maximum Gasteiger partial charge on any atom is 0.181 e. The predicted molar refractivity (Wildman–Crippen MR) is 151 cm³/mol. The summed E-state index contributed by atoms with van der Waals surface area (Å²) < 4.78 is 14.0. The summed E-state index contributed by atoms with van der Waals surface area (Å²) in [6.45, 7) is 11.8. The minimum absolute atomic E-state index is 0.473. The summed E-state index contributed by atoms with van der Waals surface area (Å²) in [6.07, 6.45) is 8.17. The van der Waals surface area contributed by atoms with Crippen molar-refractivity contribution in [3.8, 4) is 39.7 Å². The highest BCUT2D eigenvalue weighted by Gasteiger charge is 2.28. The van der Waals surface area contributed by atoms with Crippen molar-refractivity contribution in [2.75, 3.05) is 26.2 Å². The molecule has 10 heteroatoms. The molecule has 1 aliphatic heterocycles. The van der Waals surface area contributed by atoms with Gasteiger partial charge < -0.3 is 14.4 Å². The van der Waals surface area contributed by atoms with Crippen LogP contribution >= 0.6 is 11.6 Å². The molecule has 0 aliphatic carbocycles. The molecule has 0 bridgehead atoms. The van der Waals surface area contributed by atoms with Gasteiger partial charge in [0.1, 0.15) is 18.1 Å². The molecule has 0 radical (unpaired) electrons. The van der Waals surface area contributed by atoms with Gasteiger partial charge in [0, 0.05) is 36.7 Å². The maximum atomic E-state index is 10.2. The van der Waals surface area contributed by atoms with E-state index < -0.39 is 5.60 Å². The van der Waals surface area contributed by atoms with E-state index in [2.05, 4.69) is 25.1 Å². The normalized spacial score (nSPS) is 14.3. The topological polar surface area (TPSA) is 102 Å². The molecule has 1 aliphatic rings. The van der Waals surface area contributed by atoms with Crippen LogP contribution in [0.25, 0.3) is 34.0 Å². The van der Waals surface area contributed by atoms with Gasteiger partial charge in [0.25, 0.3) is 0 Å². The highest BCUT2D eigenvalue weighted by atomic mass is 35.5. The molecule has 206 valence electrons. The Morgan fingerprint density at radius 2 is 1.82 bits per heavy atom. The molecule has 5 rings (SSSR count). The van der Waals surface area contributed by atoms with Crippen molar-refractivity contribution < 1.29 is 14.4 Å². The standard InChI is InChI=1S/C29H35ClN6O3/c1-19-8-9-21(24(30)26(19)38-17-16-35-13-5-6-14-35)25-23(28-31-11-7-12-32-28)27(39-34-25)22-18-33-36(20(22)2)15-10-29(3,4)37/h7-9,11-12,18,37H,5-6,10,13-17H2,1-4H3. The number of halogens is 1. The average Bonchev–Trinajstić information content (AvgIpc) is 3.65. The second-order valence-electron chi connectivity index (χ2n) is 10.7. The first-order valence-electron chi connectivity index (χ1n) is 13.4. The number of nitrogens with zero attached hydrogens (tertiary/aromatic N) is 6. The number of ether oxygens (including phenoxy) is 1. The minimum Gasteiger partial charge on any atom is -0.490 e. The molecule has 0 spiro atoms. The Hall–Kier alpha value is -3.27. The van der Waals surface area contributed by atoms with Crippen LogP contribution in [0.5, 0.6) is 5.75 Å². The van der Waals surface area contributed by atoms with Gasteiger partial charge in [-0.25, -0.2) is 9.97 Å². The van der Waals surface area contributed by atoms with Gasteiger partial charge in [-0.1, -0.05) is 28.9 Å². The number of aromatic nitrogens is 5. The second-order valence-corrected chi connectivity index (χ2v) is 11.1. The fraction of sp³-hybridized carbons (Fsp3) is 0.448. The quantitative estimate of drug-likeness (QED) is 0.273. The first-order valence-corrected chi connectivity index (χ1v) is 13.8. The van der Waals surface area contributed by atoms with Gasteiger partial charge in [-0.2, -0.15) is 5.10 Å². The van der Waals surface area contributed by atoms with Crippen LogP contribution in [-0.2, 0) is 6.54 Å². The molecule has 3 aromatic heterocycles. The van der Waals surface area contributed by atoms with Crippen LogP contribution in [0.1, 0.15) is 44.4 Å². The zero-order valence-electron chi connectivity index (χ0n) is 22.9. The molecule has 1 N–H and O–H groups in total. The van der Waals surface area contributed by atoms with E-state index in [1.807, 2.05) is 30.7 Å². The van der Waals surface area contributed by atoms with Crippen LogP contribution in [0.15, 0.2) is 41.3 Å². The summed E-state index contributed by atoms with van der Waals surface area (Å²) in [4.78, 5) is 11.4. The molecule has 1 fully saturated rings. The van der Waals surface area contributed by atoms with E-state index in [1.165, 1.54) is 12.8 Å². The van der Waals surface area contributed by atoms with Gasteiger partial charge in [-0.15, -0.1) is 0 Å². The molecule has 39 heavy (non-hydrogen) atoms. The zero-order valence-corrected chi connectivity index (χ0v) is 23.7. The minimum atomic E-state index is -0.794. The van der Waals surface area contributed by atoms with E-state index in [9.17, 15) is 5.11 Å². The van der Waals surface area contributed by atoms with E-state index in [-0.39, 0.29) is 0 Å². The number of likely N-dealkylation sites (tertiary alicyclic amines) is 1. The molecule has 0 saturated carbocycles. The van der Waals surface area contributed by atoms with Crippen LogP contribution in [0, 0.1) is 13.8 Å². The number of benzene rings is 1. The third-order valence-corrected chi connectivity index (χ3v) is 7.54. The number of hydrogen-bond acceptors (Lipinski definition) is 8. The molecule has 9 nitrogen and oxygen atoms in total. The van der Waals surface area contributed by atoms with Gasteiger partial charge in [-0.05, 0) is 71.7 Å². The van der Waals surface area contributed by atoms with Crippen molar-refractivity contribution in [2.24, 2.45) is 0 Å². The summed E-state index contributed by atoms with van der Waals surface area (Å²) in [5.74, 6) is 1.63. The van der Waals surface area contributed by atoms with E-state index in [1.54, 1.807) is 38.5 Å². The monoisotopic (exact) mass is 550 g/mol. The third-order valence-electron chi connectivity index (χ3n) is 7.17. The van der Waals surface area contributed by atoms with Crippen LogP contribution < -0.4 is 4.74 Å². The SMILES string of the molecule is Cc1ccc(-c2noc(-c3cnn(CCC(C)(C)O)c3C)c2-c2ncccn2)c(Cl)c1OCCN1CCCC1. The van der Waals surface area contributed by atoms with E-state index in [4.69, 9.17) is 20.9 Å². The first-order chi connectivity index (χ1) is 18.7. The molecule has 0 unspecified atom stereocenters. The lowest BCUT2D eigenvalue weighted by Crippen LogP contribution is -2.25. The fourth-order valence-electron chi connectivity index (χ4n) is 4.86. The Morgan fingerprint density at radius 1 is 1.08 bits per heavy atom. The van der Waals surface area contributed by atoms with Gasteiger partial charge in [0.05, 0.1) is 27.9 Å². The summed E-state index contributed by atoms with van der Waals surface area (Å²) >= 11 is 6.98. The molecule has 0 amide bonds. The van der Waals surface area contributed by atoms with E-state index in [0.717, 1.165) is 36.5 Å². The molecule has 1 saturated heterocycles. The molecular formula is C29H35ClN6O3. The summed E-state index contributed by atoms with van der Waals surface area (Å²) in [5, 5.41) is 19.7. The molecule has 4 heterocycles. The van der Waals surface area contributed by atoms with Crippen LogP contribution in [0.2, 0.25) is 5.02 Å². The maximum absolute atomic E-state index is 10.2. The summed E-state index contributed by atoms with van der Waals surface area (Å²) in [5.41, 5.74) is 3.68. The van der Waals surface area contributed by atoms with Crippen LogP contribution in [-0.4, -0.2) is 66.8 Å². The smallest absolute Gasteiger partial charge is 0.181 e. The van der Waals surface area contributed by atoms with Crippen LogP contribution in [0.3, 0.4) is 0 Å². The van der Waals surface area contributed by atoms with Gasteiger partial charge >= 0.3 is 0 Å². The van der Waals surface area contributed by atoms with E-state index >= 15 is 0 Å². The Morgan fingerprint density at radius 3 is 2.54 bits per heavy atom. The number of hydrogen-bond donors (Lipinski definition) is 1. The van der Waals surface area contributed by atoms with Gasteiger partial charge in [0.15, 0.2) is 11.6 Å². The van der Waals surface area contributed by atoms with Crippen molar-refractivity contribution in [1.82, 2.24) is 29.8 Å². The van der Waals surface area contributed by atoms with Gasteiger partial charge in [-0.3, -0.25) is 9.58 Å². The Kier molecular flexibility index (Phi) is 8.02. The van der Waals surface area contributed by atoms with Gasteiger partial charge in [0.2, 0.25) is 0 Å². The number of rotatable bonds is 10. The van der Waals surface area contributed by atoms with Crippen molar-refractivity contribution >= 4 is 11.6 Å². The second kappa shape index (κ2) is 11.5. The van der Waals surface area contributed by atoms with Crippen molar-refractivity contribution in [3.63, 3.8) is 0 Å². The number of aliphatic hydroxyl groups is 1. The summed E-state index contributed by atoms with van der Waals surface area (Å²) in [7, 11) is 0. The lowest BCUT2D eigenvalue weighted by molar-refractivity contribution is 0.0649.